The van der Waals surface area contributed by atoms with Gasteiger partial charge in [-0.15, -0.1) is 5.10 Å². The molecule has 7 nitrogen and oxygen atoms in total. The highest BCUT2D eigenvalue weighted by Gasteiger charge is 2.21. The fourth-order valence-corrected chi connectivity index (χ4v) is 4.83. The number of piperazine rings is 1. The fraction of sp³-hybridized carbons (Fsp3) is 0.400. The minimum atomic E-state index is -0.00878. The SMILES string of the molecule is Cn1cnc2cc(N3CCN(c4cc5c(nn4)CCSC5)CC3)ccc2c1=O. The van der Waals surface area contributed by atoms with E-state index in [1.807, 2.05) is 30.0 Å². The normalized spacial score (nSPS) is 17.0. The molecule has 144 valence electrons. The number of benzene rings is 1. The molecule has 0 aliphatic carbocycles. The van der Waals surface area contributed by atoms with E-state index in [0.29, 0.717) is 5.39 Å². The summed E-state index contributed by atoms with van der Waals surface area (Å²) in [6, 6.07) is 8.15. The lowest BCUT2D eigenvalue weighted by Gasteiger charge is -2.36. The quantitative estimate of drug-likeness (QED) is 0.657. The molecule has 1 aromatic carbocycles. The van der Waals surface area contributed by atoms with Gasteiger partial charge in [-0.05, 0) is 35.6 Å². The third-order valence-electron chi connectivity index (χ3n) is 5.56. The molecule has 5 rings (SSSR count). The smallest absolute Gasteiger partial charge is 0.260 e. The first-order valence-corrected chi connectivity index (χ1v) is 10.7. The lowest BCUT2D eigenvalue weighted by Crippen LogP contribution is -2.47. The van der Waals surface area contributed by atoms with Crippen molar-refractivity contribution in [2.75, 3.05) is 41.7 Å². The lowest BCUT2D eigenvalue weighted by molar-refractivity contribution is 0.642. The summed E-state index contributed by atoms with van der Waals surface area (Å²) < 4.78 is 1.51. The Hall–Kier alpha value is -2.61. The summed E-state index contributed by atoms with van der Waals surface area (Å²) in [5, 5.41) is 9.60. The molecule has 0 amide bonds. The van der Waals surface area contributed by atoms with E-state index >= 15 is 0 Å². The largest absolute Gasteiger partial charge is 0.368 e. The average Bonchev–Trinajstić information content (AvgIpc) is 2.76. The Kier molecular flexibility index (Phi) is 4.43. The second-order valence-electron chi connectivity index (χ2n) is 7.31. The van der Waals surface area contributed by atoms with Crippen LogP contribution in [-0.4, -0.2) is 51.7 Å². The Morgan fingerprint density at radius 1 is 1.04 bits per heavy atom. The van der Waals surface area contributed by atoms with Crippen molar-refractivity contribution in [2.24, 2.45) is 7.05 Å². The summed E-state index contributed by atoms with van der Waals surface area (Å²) in [5.41, 5.74) is 4.36. The van der Waals surface area contributed by atoms with Crippen molar-refractivity contribution in [1.82, 2.24) is 19.7 Å². The first-order chi connectivity index (χ1) is 13.7. The van der Waals surface area contributed by atoms with Gasteiger partial charge < -0.3 is 14.4 Å². The van der Waals surface area contributed by atoms with Gasteiger partial charge in [-0.3, -0.25) is 4.79 Å². The molecular formula is C20H22N6OS. The van der Waals surface area contributed by atoms with E-state index in [9.17, 15) is 4.79 Å². The maximum atomic E-state index is 12.2. The van der Waals surface area contributed by atoms with Crippen molar-refractivity contribution in [1.29, 1.82) is 0 Å². The molecule has 28 heavy (non-hydrogen) atoms. The van der Waals surface area contributed by atoms with E-state index in [2.05, 4.69) is 31.0 Å². The predicted octanol–water partition coefficient (Wildman–Crippen LogP) is 1.84. The highest BCUT2D eigenvalue weighted by molar-refractivity contribution is 7.98. The molecule has 8 heteroatoms. The molecule has 0 bridgehead atoms. The number of hydrogen-bond acceptors (Lipinski definition) is 7. The van der Waals surface area contributed by atoms with Crippen LogP contribution in [0.15, 0.2) is 35.4 Å². The van der Waals surface area contributed by atoms with Crippen LogP contribution in [0.5, 0.6) is 0 Å². The molecule has 0 spiro atoms. The summed E-state index contributed by atoms with van der Waals surface area (Å²) >= 11 is 1.97. The van der Waals surface area contributed by atoms with Gasteiger partial charge in [-0.2, -0.15) is 16.9 Å². The molecule has 2 aliphatic rings. The molecule has 2 aromatic heterocycles. The van der Waals surface area contributed by atoms with Crippen LogP contribution in [0.25, 0.3) is 10.9 Å². The van der Waals surface area contributed by atoms with Crippen LogP contribution in [0.4, 0.5) is 11.5 Å². The Morgan fingerprint density at radius 2 is 1.86 bits per heavy atom. The van der Waals surface area contributed by atoms with Crippen LogP contribution in [0.2, 0.25) is 0 Å². The van der Waals surface area contributed by atoms with E-state index in [4.69, 9.17) is 0 Å². The van der Waals surface area contributed by atoms with Crippen molar-refractivity contribution in [2.45, 2.75) is 12.2 Å². The minimum Gasteiger partial charge on any atom is -0.368 e. The van der Waals surface area contributed by atoms with Crippen molar-refractivity contribution >= 4 is 34.2 Å². The molecule has 4 heterocycles. The van der Waals surface area contributed by atoms with Crippen LogP contribution >= 0.6 is 11.8 Å². The molecule has 3 aromatic rings. The molecule has 2 aliphatic heterocycles. The highest BCUT2D eigenvalue weighted by Crippen LogP contribution is 2.26. The van der Waals surface area contributed by atoms with Crippen LogP contribution < -0.4 is 15.4 Å². The van der Waals surface area contributed by atoms with Crippen molar-refractivity contribution in [3.63, 3.8) is 0 Å². The van der Waals surface area contributed by atoms with Gasteiger partial charge in [-0.1, -0.05) is 0 Å². The average molecular weight is 395 g/mol. The Labute approximate surface area is 167 Å². The molecule has 1 fully saturated rings. The number of fused-ring (bicyclic) bond motifs is 2. The van der Waals surface area contributed by atoms with Crippen LogP contribution in [0, 0.1) is 0 Å². The Morgan fingerprint density at radius 3 is 2.71 bits per heavy atom. The zero-order valence-corrected chi connectivity index (χ0v) is 16.7. The third kappa shape index (κ3) is 3.11. The summed E-state index contributed by atoms with van der Waals surface area (Å²) in [5.74, 6) is 3.18. The van der Waals surface area contributed by atoms with E-state index in [-0.39, 0.29) is 5.56 Å². The summed E-state index contributed by atoms with van der Waals surface area (Å²) in [4.78, 5) is 21.3. The number of anilines is 2. The van der Waals surface area contributed by atoms with E-state index in [1.165, 1.54) is 10.1 Å². The number of rotatable bonds is 2. The molecule has 0 unspecified atom stereocenters. The van der Waals surface area contributed by atoms with Gasteiger partial charge in [0.25, 0.3) is 5.56 Å². The standard InChI is InChI=1S/C20H22N6OS/c1-24-13-21-18-11-15(2-3-16(18)20(24)27)25-5-7-26(8-6-25)19-10-14-12-28-9-4-17(14)22-23-19/h2-3,10-11,13H,4-9,12H2,1H3. The van der Waals surface area contributed by atoms with Crippen molar-refractivity contribution in [3.8, 4) is 0 Å². The van der Waals surface area contributed by atoms with Crippen LogP contribution in [0.1, 0.15) is 11.3 Å². The molecule has 1 saturated heterocycles. The second-order valence-corrected chi connectivity index (χ2v) is 8.42. The first kappa shape index (κ1) is 17.5. The van der Waals surface area contributed by atoms with E-state index in [1.54, 1.807) is 13.4 Å². The summed E-state index contributed by atoms with van der Waals surface area (Å²) in [6.45, 7) is 3.62. The van der Waals surface area contributed by atoms with Gasteiger partial charge in [0.1, 0.15) is 0 Å². The second kappa shape index (κ2) is 7.09. The van der Waals surface area contributed by atoms with Gasteiger partial charge in [0.2, 0.25) is 0 Å². The monoisotopic (exact) mass is 394 g/mol. The zero-order valence-electron chi connectivity index (χ0n) is 15.8. The lowest BCUT2D eigenvalue weighted by atomic mass is 10.1. The van der Waals surface area contributed by atoms with Crippen molar-refractivity contribution < 1.29 is 0 Å². The Balaban J connectivity index is 1.32. The first-order valence-electron chi connectivity index (χ1n) is 9.57. The number of aryl methyl sites for hydroxylation is 2. The number of thioether (sulfide) groups is 1. The minimum absolute atomic E-state index is 0.00878. The topological polar surface area (TPSA) is 67.2 Å². The van der Waals surface area contributed by atoms with E-state index in [0.717, 1.165) is 66.8 Å². The van der Waals surface area contributed by atoms with Gasteiger partial charge in [0.05, 0.1) is 22.9 Å². The maximum Gasteiger partial charge on any atom is 0.260 e. The molecule has 0 atom stereocenters. The maximum absolute atomic E-state index is 12.2. The van der Waals surface area contributed by atoms with Gasteiger partial charge in [0.15, 0.2) is 5.82 Å². The molecule has 0 radical (unpaired) electrons. The zero-order chi connectivity index (χ0) is 19.1. The summed E-state index contributed by atoms with van der Waals surface area (Å²) in [7, 11) is 1.73. The van der Waals surface area contributed by atoms with Crippen molar-refractivity contribution in [3.05, 3.63) is 52.2 Å². The van der Waals surface area contributed by atoms with Crippen LogP contribution in [0.3, 0.4) is 0 Å². The molecular weight excluding hydrogens is 372 g/mol. The highest BCUT2D eigenvalue weighted by atomic mass is 32.2. The van der Waals surface area contributed by atoms with Crippen LogP contribution in [-0.2, 0) is 19.2 Å². The van der Waals surface area contributed by atoms with Gasteiger partial charge in [-0.25, -0.2) is 4.98 Å². The van der Waals surface area contributed by atoms with Gasteiger partial charge in [0, 0.05) is 51.1 Å². The van der Waals surface area contributed by atoms with E-state index < -0.39 is 0 Å². The summed E-state index contributed by atoms with van der Waals surface area (Å²) in [6.07, 6.45) is 2.61. The fourth-order valence-electron chi connectivity index (χ4n) is 3.87. The predicted molar refractivity (Wildman–Crippen MR) is 113 cm³/mol. The number of nitrogens with zero attached hydrogens (tertiary/aromatic N) is 6. The third-order valence-corrected chi connectivity index (χ3v) is 6.57. The molecule has 0 N–H and O–H groups in total. The van der Waals surface area contributed by atoms with Gasteiger partial charge >= 0.3 is 0 Å². The number of aromatic nitrogens is 4. The Bertz CT molecular complexity index is 1090. The number of hydrogen-bond donors (Lipinski definition) is 0. The molecule has 0 saturated carbocycles.